The summed E-state index contributed by atoms with van der Waals surface area (Å²) in [4.78, 5) is 38.1. The first-order valence-corrected chi connectivity index (χ1v) is 10.0. The minimum absolute atomic E-state index is 0.117. The van der Waals surface area contributed by atoms with Gasteiger partial charge in [0.1, 0.15) is 5.75 Å². The molecule has 2 aromatic carbocycles. The molecule has 0 radical (unpaired) electrons. The number of aryl methyl sites for hydroxylation is 2. The van der Waals surface area contributed by atoms with Gasteiger partial charge in [0.2, 0.25) is 0 Å². The number of imide groups is 1. The number of rotatable bonds is 7. The van der Waals surface area contributed by atoms with Gasteiger partial charge in [-0.25, -0.2) is 0 Å². The van der Waals surface area contributed by atoms with E-state index in [0.29, 0.717) is 10.7 Å². The summed E-state index contributed by atoms with van der Waals surface area (Å²) in [7, 11) is 0. The molecule has 6 nitrogen and oxygen atoms in total. The van der Waals surface area contributed by atoms with Gasteiger partial charge in [0.25, 0.3) is 17.1 Å². The van der Waals surface area contributed by atoms with Crippen molar-refractivity contribution in [2.45, 2.75) is 13.8 Å². The monoisotopic (exact) mass is 410 g/mol. The van der Waals surface area contributed by atoms with E-state index in [0.717, 1.165) is 33.4 Å². The minimum atomic E-state index is -0.343. The molecule has 7 heteroatoms. The van der Waals surface area contributed by atoms with E-state index in [1.54, 1.807) is 6.08 Å². The molecule has 3 rings (SSSR count). The van der Waals surface area contributed by atoms with Gasteiger partial charge in [-0.3, -0.25) is 19.3 Å². The van der Waals surface area contributed by atoms with Crippen LogP contribution in [0.5, 0.6) is 5.75 Å². The fourth-order valence-electron chi connectivity index (χ4n) is 2.76. The van der Waals surface area contributed by atoms with E-state index in [2.05, 4.69) is 5.32 Å². The van der Waals surface area contributed by atoms with Crippen molar-refractivity contribution in [2.75, 3.05) is 19.7 Å². The standard InChI is InChI=1S/C22H22N2O4S/c1-15-8-9-16(2)18(12-15)28-14-20(25)23-10-11-24-21(26)19(29-22(24)27)13-17-6-4-3-5-7-17/h3-9,12-13H,10-11,14H2,1-2H3,(H,23,25)/b19-13-. The molecule has 1 fully saturated rings. The number of thioether (sulfide) groups is 1. The van der Waals surface area contributed by atoms with E-state index in [9.17, 15) is 14.4 Å². The Bertz CT molecular complexity index is 957. The number of nitrogens with one attached hydrogen (secondary N) is 1. The second kappa shape index (κ2) is 9.43. The quantitative estimate of drug-likeness (QED) is 0.707. The number of nitrogens with zero attached hydrogens (tertiary/aromatic N) is 1. The van der Waals surface area contributed by atoms with Crippen LogP contribution in [0.4, 0.5) is 4.79 Å². The molecule has 0 unspecified atom stereocenters. The summed E-state index contributed by atoms with van der Waals surface area (Å²) in [6.45, 7) is 4.03. The Labute approximate surface area is 173 Å². The maximum atomic E-state index is 12.5. The van der Waals surface area contributed by atoms with E-state index in [1.807, 2.05) is 62.4 Å². The van der Waals surface area contributed by atoms with Crippen molar-refractivity contribution in [1.82, 2.24) is 10.2 Å². The molecular formula is C22H22N2O4S. The normalized spacial score (nSPS) is 15.1. The summed E-state index contributed by atoms with van der Waals surface area (Å²) in [5.74, 6) is 0.0135. The molecule has 0 aliphatic carbocycles. The van der Waals surface area contributed by atoms with Crippen molar-refractivity contribution < 1.29 is 19.1 Å². The molecule has 0 saturated carbocycles. The van der Waals surface area contributed by atoms with E-state index in [4.69, 9.17) is 4.74 Å². The lowest BCUT2D eigenvalue weighted by Gasteiger charge is -2.14. The summed E-state index contributed by atoms with van der Waals surface area (Å²) >= 11 is 0.907. The van der Waals surface area contributed by atoms with Gasteiger partial charge in [0.05, 0.1) is 4.91 Å². The van der Waals surface area contributed by atoms with Crippen molar-refractivity contribution in [1.29, 1.82) is 0 Å². The lowest BCUT2D eigenvalue weighted by atomic mass is 10.1. The van der Waals surface area contributed by atoms with E-state index in [1.165, 1.54) is 0 Å². The Balaban J connectivity index is 1.48. The van der Waals surface area contributed by atoms with Gasteiger partial charge in [-0.05, 0) is 54.4 Å². The number of benzene rings is 2. The van der Waals surface area contributed by atoms with Crippen molar-refractivity contribution >= 4 is 34.9 Å². The molecule has 1 aliphatic heterocycles. The zero-order chi connectivity index (χ0) is 20.8. The molecule has 1 aliphatic rings. The highest BCUT2D eigenvalue weighted by Gasteiger charge is 2.34. The summed E-state index contributed by atoms with van der Waals surface area (Å²) in [5, 5.41) is 2.35. The molecule has 0 aromatic heterocycles. The van der Waals surface area contributed by atoms with Crippen LogP contribution in [0.1, 0.15) is 16.7 Å². The van der Waals surface area contributed by atoms with Gasteiger partial charge < -0.3 is 10.1 Å². The third kappa shape index (κ3) is 5.48. The highest BCUT2D eigenvalue weighted by molar-refractivity contribution is 8.18. The van der Waals surface area contributed by atoms with E-state index in [-0.39, 0.29) is 36.7 Å². The van der Waals surface area contributed by atoms with Crippen LogP contribution < -0.4 is 10.1 Å². The van der Waals surface area contributed by atoms with Crippen molar-refractivity contribution in [3.8, 4) is 5.75 Å². The van der Waals surface area contributed by atoms with Gasteiger partial charge in [-0.2, -0.15) is 0 Å². The molecule has 29 heavy (non-hydrogen) atoms. The molecule has 3 amide bonds. The van der Waals surface area contributed by atoms with Gasteiger partial charge >= 0.3 is 0 Å². The molecule has 0 bridgehead atoms. The van der Waals surface area contributed by atoms with Crippen LogP contribution >= 0.6 is 11.8 Å². The Hall–Kier alpha value is -3.06. The highest BCUT2D eigenvalue weighted by Crippen LogP contribution is 2.31. The molecule has 150 valence electrons. The molecule has 2 aromatic rings. The molecule has 0 spiro atoms. The minimum Gasteiger partial charge on any atom is -0.483 e. The van der Waals surface area contributed by atoms with Gasteiger partial charge in [0.15, 0.2) is 6.61 Å². The molecule has 0 atom stereocenters. The molecule has 1 N–H and O–H groups in total. The largest absolute Gasteiger partial charge is 0.483 e. The molecular weight excluding hydrogens is 388 g/mol. The average Bonchev–Trinajstić information content (AvgIpc) is 2.97. The maximum absolute atomic E-state index is 12.5. The predicted octanol–water partition coefficient (Wildman–Crippen LogP) is 3.53. The smallest absolute Gasteiger partial charge is 0.293 e. The lowest BCUT2D eigenvalue weighted by Crippen LogP contribution is -2.38. The second-order valence-corrected chi connectivity index (χ2v) is 7.64. The topological polar surface area (TPSA) is 75.7 Å². The average molecular weight is 410 g/mol. The highest BCUT2D eigenvalue weighted by atomic mass is 32.2. The number of carbonyl (C=O) groups excluding carboxylic acids is 3. The third-order valence-corrected chi connectivity index (χ3v) is 5.24. The maximum Gasteiger partial charge on any atom is 0.293 e. The summed E-state index contributed by atoms with van der Waals surface area (Å²) in [6.07, 6.45) is 1.70. The fraction of sp³-hybridized carbons (Fsp3) is 0.227. The van der Waals surface area contributed by atoms with Crippen molar-refractivity contribution in [2.24, 2.45) is 0 Å². The van der Waals surface area contributed by atoms with Crippen LogP contribution in [0.2, 0.25) is 0 Å². The number of hydrogen-bond donors (Lipinski definition) is 1. The van der Waals surface area contributed by atoms with Crippen LogP contribution in [0.25, 0.3) is 6.08 Å². The lowest BCUT2D eigenvalue weighted by molar-refractivity contribution is -0.125. The summed E-state index contributed by atoms with van der Waals surface area (Å²) in [5.41, 5.74) is 2.86. The van der Waals surface area contributed by atoms with E-state index >= 15 is 0 Å². The van der Waals surface area contributed by atoms with Crippen LogP contribution in [0.3, 0.4) is 0 Å². The van der Waals surface area contributed by atoms with Crippen LogP contribution in [0, 0.1) is 13.8 Å². The Kier molecular flexibility index (Phi) is 6.72. The van der Waals surface area contributed by atoms with E-state index < -0.39 is 0 Å². The first-order chi connectivity index (χ1) is 13.9. The molecule has 1 heterocycles. The predicted molar refractivity (Wildman–Crippen MR) is 114 cm³/mol. The first-order valence-electron chi connectivity index (χ1n) is 9.21. The third-order valence-electron chi connectivity index (χ3n) is 4.33. The van der Waals surface area contributed by atoms with Crippen LogP contribution in [-0.2, 0) is 9.59 Å². The zero-order valence-electron chi connectivity index (χ0n) is 16.3. The SMILES string of the molecule is Cc1ccc(C)c(OCC(=O)NCCN2C(=O)S/C(=C\c3ccccc3)C2=O)c1. The number of carbonyl (C=O) groups is 3. The number of ether oxygens (including phenoxy) is 1. The van der Waals surface area contributed by atoms with Gasteiger partial charge in [0, 0.05) is 13.1 Å². The van der Waals surface area contributed by atoms with Crippen LogP contribution in [-0.4, -0.2) is 41.6 Å². The number of amides is 3. The van der Waals surface area contributed by atoms with Crippen molar-refractivity contribution in [3.05, 3.63) is 70.1 Å². The Morgan fingerprint density at radius 2 is 1.90 bits per heavy atom. The Morgan fingerprint density at radius 3 is 2.66 bits per heavy atom. The Morgan fingerprint density at radius 1 is 1.14 bits per heavy atom. The second-order valence-electron chi connectivity index (χ2n) is 6.65. The fourth-order valence-corrected chi connectivity index (χ4v) is 3.62. The first kappa shape index (κ1) is 20.7. The van der Waals surface area contributed by atoms with Gasteiger partial charge in [-0.15, -0.1) is 0 Å². The summed E-state index contributed by atoms with van der Waals surface area (Å²) < 4.78 is 5.55. The summed E-state index contributed by atoms with van der Waals surface area (Å²) in [6, 6.07) is 15.1. The zero-order valence-corrected chi connectivity index (χ0v) is 17.1. The van der Waals surface area contributed by atoms with Crippen LogP contribution in [0.15, 0.2) is 53.4 Å². The number of hydrogen-bond acceptors (Lipinski definition) is 5. The van der Waals surface area contributed by atoms with Gasteiger partial charge in [-0.1, -0.05) is 42.5 Å². The molecule has 1 saturated heterocycles. The van der Waals surface area contributed by atoms with Crippen molar-refractivity contribution in [3.63, 3.8) is 0 Å².